The largest absolute Gasteiger partial charge is 0.347 e. The molecule has 2 N–H and O–H groups in total. The maximum absolute atomic E-state index is 12.2. The summed E-state index contributed by atoms with van der Waals surface area (Å²) in [5.74, 6) is 0.261. The maximum atomic E-state index is 12.2. The van der Waals surface area contributed by atoms with Gasteiger partial charge in [0.05, 0.1) is 0 Å². The van der Waals surface area contributed by atoms with E-state index in [2.05, 4.69) is 24.5 Å². The Hall–Kier alpha value is -1.33. The van der Waals surface area contributed by atoms with Crippen LogP contribution in [0.25, 0.3) is 0 Å². The van der Waals surface area contributed by atoms with E-state index in [1.165, 1.54) is 10.6 Å². The molecular weight excluding hydrogens is 278 g/mol. The zero-order chi connectivity index (χ0) is 14.0. The summed E-state index contributed by atoms with van der Waals surface area (Å²) >= 11 is 0. The third kappa shape index (κ3) is 3.61. The lowest BCUT2D eigenvalue weighted by molar-refractivity contribution is 0.0897. The van der Waals surface area contributed by atoms with E-state index in [1.54, 1.807) is 19.3 Å². The van der Waals surface area contributed by atoms with Crippen LogP contribution in [-0.2, 0) is 7.05 Å². The van der Waals surface area contributed by atoms with Gasteiger partial charge in [-0.15, -0.1) is 12.4 Å². The summed E-state index contributed by atoms with van der Waals surface area (Å²) in [7, 11) is 1.67. The summed E-state index contributed by atoms with van der Waals surface area (Å²) in [4.78, 5) is 23.7. The molecule has 1 amide bonds. The average Bonchev–Trinajstić information content (AvgIpc) is 2.37. The fourth-order valence-corrected chi connectivity index (χ4v) is 2.53. The van der Waals surface area contributed by atoms with Crippen LogP contribution < -0.4 is 16.2 Å². The molecule has 1 aliphatic heterocycles. The number of carbonyl (C=O) groups is 1. The third-order valence-electron chi connectivity index (χ3n) is 3.88. The SMILES string of the molecule is CC1CCNC(C)C1NC(=O)c1ccn(C)c(=O)c1.Cl. The second-order valence-electron chi connectivity index (χ2n) is 5.37. The molecule has 6 heteroatoms. The summed E-state index contributed by atoms with van der Waals surface area (Å²) in [6.45, 7) is 5.21. The van der Waals surface area contributed by atoms with Crippen molar-refractivity contribution < 1.29 is 4.79 Å². The van der Waals surface area contributed by atoms with Gasteiger partial charge in [-0.2, -0.15) is 0 Å². The molecule has 3 unspecified atom stereocenters. The predicted molar refractivity (Wildman–Crippen MR) is 81.4 cm³/mol. The number of amides is 1. The van der Waals surface area contributed by atoms with Gasteiger partial charge in [0.15, 0.2) is 0 Å². The molecule has 0 aromatic carbocycles. The number of nitrogens with zero attached hydrogens (tertiary/aromatic N) is 1. The molecule has 1 aromatic rings. The molecule has 112 valence electrons. The Balaban J connectivity index is 0.00000200. The van der Waals surface area contributed by atoms with Gasteiger partial charge in [0.2, 0.25) is 0 Å². The van der Waals surface area contributed by atoms with Crippen molar-refractivity contribution >= 4 is 18.3 Å². The van der Waals surface area contributed by atoms with E-state index in [4.69, 9.17) is 0 Å². The molecule has 5 nitrogen and oxygen atoms in total. The topological polar surface area (TPSA) is 63.1 Å². The Morgan fingerprint density at radius 2 is 2.15 bits per heavy atom. The van der Waals surface area contributed by atoms with Crippen LogP contribution in [0.3, 0.4) is 0 Å². The van der Waals surface area contributed by atoms with Crippen LogP contribution in [0.2, 0.25) is 0 Å². The first-order chi connectivity index (χ1) is 8.99. The summed E-state index contributed by atoms with van der Waals surface area (Å²) in [6, 6.07) is 3.40. The molecule has 0 bridgehead atoms. The second-order valence-corrected chi connectivity index (χ2v) is 5.37. The van der Waals surface area contributed by atoms with Crippen molar-refractivity contribution in [3.8, 4) is 0 Å². The van der Waals surface area contributed by atoms with Crippen LogP contribution >= 0.6 is 12.4 Å². The van der Waals surface area contributed by atoms with Crippen molar-refractivity contribution in [2.24, 2.45) is 13.0 Å². The molecule has 20 heavy (non-hydrogen) atoms. The van der Waals surface area contributed by atoms with Crippen molar-refractivity contribution in [1.29, 1.82) is 0 Å². The van der Waals surface area contributed by atoms with E-state index < -0.39 is 0 Å². The van der Waals surface area contributed by atoms with Gasteiger partial charge in [-0.3, -0.25) is 9.59 Å². The molecule has 1 fully saturated rings. The number of aromatic nitrogens is 1. The van der Waals surface area contributed by atoms with E-state index in [0.717, 1.165) is 13.0 Å². The number of pyridine rings is 1. The lowest BCUT2D eigenvalue weighted by atomic mass is 9.89. The van der Waals surface area contributed by atoms with E-state index >= 15 is 0 Å². The second kappa shape index (κ2) is 6.90. The number of nitrogens with one attached hydrogen (secondary N) is 2. The highest BCUT2D eigenvalue weighted by molar-refractivity contribution is 5.94. The molecule has 3 atom stereocenters. The highest BCUT2D eigenvalue weighted by atomic mass is 35.5. The van der Waals surface area contributed by atoms with Crippen molar-refractivity contribution in [3.63, 3.8) is 0 Å². The van der Waals surface area contributed by atoms with Crippen molar-refractivity contribution in [3.05, 3.63) is 34.2 Å². The highest BCUT2D eigenvalue weighted by Crippen LogP contribution is 2.16. The van der Waals surface area contributed by atoms with Crippen LogP contribution in [-0.4, -0.2) is 29.1 Å². The molecule has 2 heterocycles. The summed E-state index contributed by atoms with van der Waals surface area (Å²) in [5.41, 5.74) is 0.253. The average molecular weight is 300 g/mol. The fraction of sp³-hybridized carbons (Fsp3) is 0.571. The molecule has 1 aliphatic rings. The van der Waals surface area contributed by atoms with Gasteiger partial charge in [0.1, 0.15) is 0 Å². The monoisotopic (exact) mass is 299 g/mol. The van der Waals surface area contributed by atoms with E-state index in [9.17, 15) is 9.59 Å². The Morgan fingerprint density at radius 3 is 2.75 bits per heavy atom. The van der Waals surface area contributed by atoms with Crippen LogP contribution in [0.15, 0.2) is 23.1 Å². The quantitative estimate of drug-likeness (QED) is 0.854. The molecule has 2 rings (SSSR count). The van der Waals surface area contributed by atoms with Gasteiger partial charge in [0, 0.05) is 37.0 Å². The first-order valence-electron chi connectivity index (χ1n) is 6.70. The maximum Gasteiger partial charge on any atom is 0.251 e. The third-order valence-corrected chi connectivity index (χ3v) is 3.88. The number of carbonyl (C=O) groups excluding carboxylic acids is 1. The summed E-state index contributed by atoms with van der Waals surface area (Å²) in [5, 5.41) is 6.39. The number of hydrogen-bond acceptors (Lipinski definition) is 3. The lowest BCUT2D eigenvalue weighted by Crippen LogP contribution is -2.56. The van der Waals surface area contributed by atoms with Crippen LogP contribution in [0, 0.1) is 5.92 Å². The molecular formula is C14H22ClN3O2. The minimum absolute atomic E-state index is 0. The Kier molecular flexibility index (Phi) is 5.77. The Bertz CT molecular complexity index is 519. The molecule has 1 saturated heterocycles. The van der Waals surface area contributed by atoms with Crippen molar-refractivity contribution in [2.75, 3.05) is 6.54 Å². The summed E-state index contributed by atoms with van der Waals surface area (Å²) < 4.78 is 1.45. The number of aryl methyl sites for hydroxylation is 1. The Labute approximate surface area is 125 Å². The Morgan fingerprint density at radius 1 is 1.45 bits per heavy atom. The molecule has 0 aliphatic carbocycles. The standard InChI is InChI=1S/C14H21N3O2.ClH/c1-9-4-6-15-10(2)13(9)16-14(19)11-5-7-17(3)12(18)8-11;/h5,7-10,13,15H,4,6H2,1-3H3,(H,16,19);1H. The number of rotatable bonds is 2. The molecule has 0 spiro atoms. The first-order valence-corrected chi connectivity index (χ1v) is 6.70. The smallest absolute Gasteiger partial charge is 0.251 e. The predicted octanol–water partition coefficient (Wildman–Crippen LogP) is 0.923. The van der Waals surface area contributed by atoms with Gasteiger partial charge in [-0.25, -0.2) is 0 Å². The van der Waals surface area contributed by atoms with Gasteiger partial charge < -0.3 is 15.2 Å². The van der Waals surface area contributed by atoms with Crippen LogP contribution in [0.4, 0.5) is 0 Å². The van der Waals surface area contributed by atoms with Gasteiger partial charge in [-0.1, -0.05) is 6.92 Å². The summed E-state index contributed by atoms with van der Waals surface area (Å²) in [6.07, 6.45) is 2.66. The van der Waals surface area contributed by atoms with Crippen LogP contribution in [0.1, 0.15) is 30.6 Å². The first kappa shape index (κ1) is 16.7. The van der Waals surface area contributed by atoms with E-state index in [1.807, 2.05) is 0 Å². The van der Waals surface area contributed by atoms with Crippen LogP contribution in [0.5, 0.6) is 0 Å². The lowest BCUT2D eigenvalue weighted by Gasteiger charge is -2.36. The number of hydrogen-bond donors (Lipinski definition) is 2. The number of halogens is 1. The normalized spacial score (nSPS) is 25.6. The fourth-order valence-electron chi connectivity index (χ4n) is 2.53. The molecule has 0 radical (unpaired) electrons. The van der Waals surface area contributed by atoms with Crippen molar-refractivity contribution in [2.45, 2.75) is 32.4 Å². The van der Waals surface area contributed by atoms with E-state index in [-0.39, 0.29) is 36.0 Å². The minimum Gasteiger partial charge on any atom is -0.347 e. The number of piperidine rings is 1. The van der Waals surface area contributed by atoms with Gasteiger partial charge >= 0.3 is 0 Å². The van der Waals surface area contributed by atoms with Gasteiger partial charge in [0.25, 0.3) is 11.5 Å². The molecule has 1 aromatic heterocycles. The minimum atomic E-state index is -0.176. The van der Waals surface area contributed by atoms with Gasteiger partial charge in [-0.05, 0) is 31.9 Å². The van der Waals surface area contributed by atoms with Crippen molar-refractivity contribution in [1.82, 2.24) is 15.2 Å². The zero-order valence-electron chi connectivity index (χ0n) is 12.1. The molecule has 0 saturated carbocycles. The highest BCUT2D eigenvalue weighted by Gasteiger charge is 2.28. The van der Waals surface area contributed by atoms with E-state index in [0.29, 0.717) is 11.5 Å². The zero-order valence-corrected chi connectivity index (χ0v) is 12.9.